The van der Waals surface area contributed by atoms with E-state index in [1.807, 2.05) is 25.2 Å². The third-order valence-electron chi connectivity index (χ3n) is 2.29. The second-order valence-corrected chi connectivity index (χ2v) is 4.51. The van der Waals surface area contributed by atoms with Gasteiger partial charge in [0.1, 0.15) is 0 Å². The molecular formula is C12H19NO. The van der Waals surface area contributed by atoms with E-state index in [4.69, 9.17) is 5.11 Å². The van der Waals surface area contributed by atoms with Crippen LogP contribution in [-0.2, 0) is 0 Å². The Bertz CT molecular complexity index is 269. The smallest absolute Gasteiger partial charge is 0.0499 e. The lowest BCUT2D eigenvalue weighted by atomic mass is 9.94. The standard InChI is InChI=1S/C12H19NO/c1-12(2,10-14)9-13(3)11-7-5-4-6-8-11/h4-8,14H,9-10H2,1-3H3. The zero-order valence-corrected chi connectivity index (χ0v) is 9.20. The van der Waals surface area contributed by atoms with Crippen LogP contribution in [0.25, 0.3) is 0 Å². The number of benzene rings is 1. The van der Waals surface area contributed by atoms with Crippen molar-refractivity contribution in [3.05, 3.63) is 30.3 Å². The monoisotopic (exact) mass is 193 g/mol. The summed E-state index contributed by atoms with van der Waals surface area (Å²) < 4.78 is 0. The third-order valence-corrected chi connectivity index (χ3v) is 2.29. The van der Waals surface area contributed by atoms with Crippen molar-refractivity contribution >= 4 is 5.69 Å². The molecule has 1 aromatic carbocycles. The molecule has 0 radical (unpaired) electrons. The molecule has 1 N–H and O–H groups in total. The van der Waals surface area contributed by atoms with E-state index in [0.717, 1.165) is 6.54 Å². The SMILES string of the molecule is CN(CC(C)(C)CO)c1ccccc1. The molecule has 0 aliphatic heterocycles. The molecule has 1 aromatic rings. The van der Waals surface area contributed by atoms with Crippen LogP contribution in [0, 0.1) is 5.41 Å². The lowest BCUT2D eigenvalue weighted by molar-refractivity contribution is 0.165. The summed E-state index contributed by atoms with van der Waals surface area (Å²) in [6.45, 7) is 5.19. The van der Waals surface area contributed by atoms with E-state index in [9.17, 15) is 0 Å². The zero-order chi connectivity index (χ0) is 10.6. The van der Waals surface area contributed by atoms with Crippen LogP contribution in [0.3, 0.4) is 0 Å². The number of anilines is 1. The first-order chi connectivity index (χ1) is 6.55. The van der Waals surface area contributed by atoms with Crippen LogP contribution >= 0.6 is 0 Å². The highest BCUT2D eigenvalue weighted by Crippen LogP contribution is 2.19. The molecule has 2 heteroatoms. The van der Waals surface area contributed by atoms with E-state index in [2.05, 4.69) is 30.9 Å². The fraction of sp³-hybridized carbons (Fsp3) is 0.500. The van der Waals surface area contributed by atoms with Crippen molar-refractivity contribution in [3.63, 3.8) is 0 Å². The largest absolute Gasteiger partial charge is 0.396 e. The van der Waals surface area contributed by atoms with Gasteiger partial charge >= 0.3 is 0 Å². The lowest BCUT2D eigenvalue weighted by Gasteiger charge is -2.29. The van der Waals surface area contributed by atoms with Crippen molar-refractivity contribution in [2.45, 2.75) is 13.8 Å². The molecule has 0 spiro atoms. The van der Waals surface area contributed by atoms with E-state index >= 15 is 0 Å². The Labute approximate surface area is 86.2 Å². The Morgan fingerprint density at radius 2 is 1.79 bits per heavy atom. The number of hydrogen-bond donors (Lipinski definition) is 1. The molecule has 0 aromatic heterocycles. The van der Waals surface area contributed by atoms with Crippen LogP contribution in [0.15, 0.2) is 30.3 Å². The van der Waals surface area contributed by atoms with Gasteiger partial charge in [0.15, 0.2) is 0 Å². The molecular weight excluding hydrogens is 174 g/mol. The molecule has 0 amide bonds. The first kappa shape index (κ1) is 11.1. The normalized spacial score (nSPS) is 11.4. The molecule has 0 unspecified atom stereocenters. The molecule has 0 atom stereocenters. The summed E-state index contributed by atoms with van der Waals surface area (Å²) in [4.78, 5) is 2.16. The average molecular weight is 193 g/mol. The summed E-state index contributed by atoms with van der Waals surface area (Å²) in [5, 5.41) is 9.16. The number of aliphatic hydroxyl groups is 1. The Morgan fingerprint density at radius 1 is 1.21 bits per heavy atom. The second-order valence-electron chi connectivity index (χ2n) is 4.51. The van der Waals surface area contributed by atoms with Crippen molar-refractivity contribution in [2.75, 3.05) is 25.1 Å². The minimum atomic E-state index is -0.0510. The number of rotatable bonds is 4. The van der Waals surface area contributed by atoms with E-state index < -0.39 is 0 Å². The molecule has 0 bridgehead atoms. The van der Waals surface area contributed by atoms with Gasteiger partial charge in [0.2, 0.25) is 0 Å². The van der Waals surface area contributed by atoms with Crippen LogP contribution in [0.4, 0.5) is 5.69 Å². The molecule has 0 saturated carbocycles. The molecule has 2 nitrogen and oxygen atoms in total. The summed E-state index contributed by atoms with van der Waals surface area (Å²) in [7, 11) is 2.05. The van der Waals surface area contributed by atoms with Crippen molar-refractivity contribution in [1.82, 2.24) is 0 Å². The van der Waals surface area contributed by atoms with E-state index in [-0.39, 0.29) is 12.0 Å². The van der Waals surface area contributed by atoms with Gasteiger partial charge in [-0.2, -0.15) is 0 Å². The van der Waals surface area contributed by atoms with Crippen LogP contribution in [0.5, 0.6) is 0 Å². The van der Waals surface area contributed by atoms with Crippen molar-refractivity contribution in [1.29, 1.82) is 0 Å². The third kappa shape index (κ3) is 3.04. The van der Waals surface area contributed by atoms with Crippen LogP contribution in [0.1, 0.15) is 13.8 Å². The minimum absolute atomic E-state index is 0.0510. The topological polar surface area (TPSA) is 23.5 Å². The summed E-state index contributed by atoms with van der Waals surface area (Å²) >= 11 is 0. The first-order valence-electron chi connectivity index (χ1n) is 4.92. The van der Waals surface area contributed by atoms with E-state index in [1.165, 1.54) is 5.69 Å². The van der Waals surface area contributed by atoms with Crippen LogP contribution < -0.4 is 4.90 Å². The molecule has 0 aliphatic rings. The molecule has 14 heavy (non-hydrogen) atoms. The molecule has 78 valence electrons. The van der Waals surface area contributed by atoms with E-state index in [1.54, 1.807) is 0 Å². The predicted octanol–water partition coefficient (Wildman–Crippen LogP) is 2.14. The molecule has 0 saturated heterocycles. The number of aliphatic hydroxyl groups excluding tert-OH is 1. The van der Waals surface area contributed by atoms with Crippen LogP contribution in [0.2, 0.25) is 0 Å². The summed E-state index contributed by atoms with van der Waals surface area (Å²) in [5.41, 5.74) is 1.14. The number of nitrogens with zero attached hydrogens (tertiary/aromatic N) is 1. The predicted molar refractivity (Wildman–Crippen MR) is 60.6 cm³/mol. The maximum absolute atomic E-state index is 9.16. The van der Waals surface area contributed by atoms with Gasteiger partial charge in [-0.3, -0.25) is 0 Å². The van der Waals surface area contributed by atoms with Crippen LogP contribution in [-0.4, -0.2) is 25.3 Å². The summed E-state index contributed by atoms with van der Waals surface area (Å²) in [5.74, 6) is 0. The number of para-hydroxylation sites is 1. The summed E-state index contributed by atoms with van der Waals surface area (Å²) in [6.07, 6.45) is 0. The van der Waals surface area contributed by atoms with Crippen molar-refractivity contribution in [3.8, 4) is 0 Å². The van der Waals surface area contributed by atoms with Crippen molar-refractivity contribution in [2.24, 2.45) is 5.41 Å². The maximum Gasteiger partial charge on any atom is 0.0499 e. The Balaban J connectivity index is 2.64. The van der Waals surface area contributed by atoms with Gasteiger partial charge in [0.05, 0.1) is 0 Å². The second kappa shape index (κ2) is 4.47. The molecule has 0 aliphatic carbocycles. The Hall–Kier alpha value is -1.02. The number of hydrogen-bond acceptors (Lipinski definition) is 2. The summed E-state index contributed by atoms with van der Waals surface area (Å²) in [6, 6.07) is 10.2. The first-order valence-corrected chi connectivity index (χ1v) is 4.92. The van der Waals surface area contributed by atoms with Gasteiger partial charge in [-0.1, -0.05) is 32.0 Å². The molecule has 1 rings (SSSR count). The maximum atomic E-state index is 9.16. The highest BCUT2D eigenvalue weighted by atomic mass is 16.3. The highest BCUT2D eigenvalue weighted by molar-refractivity contribution is 5.45. The fourth-order valence-electron chi connectivity index (χ4n) is 1.47. The molecule has 0 heterocycles. The van der Waals surface area contributed by atoms with Gasteiger partial charge in [-0.05, 0) is 12.1 Å². The lowest BCUT2D eigenvalue weighted by Crippen LogP contribution is -2.33. The Morgan fingerprint density at radius 3 is 2.29 bits per heavy atom. The van der Waals surface area contributed by atoms with Gasteiger partial charge in [0, 0.05) is 31.3 Å². The fourth-order valence-corrected chi connectivity index (χ4v) is 1.47. The zero-order valence-electron chi connectivity index (χ0n) is 9.20. The quantitative estimate of drug-likeness (QED) is 0.792. The molecule has 0 fully saturated rings. The van der Waals surface area contributed by atoms with Crippen molar-refractivity contribution < 1.29 is 5.11 Å². The van der Waals surface area contributed by atoms with Gasteiger partial charge in [-0.15, -0.1) is 0 Å². The Kier molecular flexibility index (Phi) is 3.53. The minimum Gasteiger partial charge on any atom is -0.396 e. The van der Waals surface area contributed by atoms with Gasteiger partial charge in [-0.25, -0.2) is 0 Å². The van der Waals surface area contributed by atoms with E-state index in [0.29, 0.717) is 0 Å². The average Bonchev–Trinajstić information content (AvgIpc) is 2.19. The highest BCUT2D eigenvalue weighted by Gasteiger charge is 2.18. The van der Waals surface area contributed by atoms with Gasteiger partial charge < -0.3 is 10.0 Å². The van der Waals surface area contributed by atoms with Gasteiger partial charge in [0.25, 0.3) is 0 Å².